The van der Waals surface area contributed by atoms with E-state index in [1.807, 2.05) is 18.4 Å². The Morgan fingerprint density at radius 2 is 1.70 bits per heavy atom. The fraction of sp³-hybridized carbons (Fsp3) is 0.0714. The number of nitro benzene ring substituents is 1. The van der Waals surface area contributed by atoms with E-state index in [1.54, 1.807) is 42.1 Å². The molecule has 0 atom stereocenters. The van der Waals surface area contributed by atoms with E-state index >= 15 is 0 Å². The SMILES string of the molecule is CSc1ccc(/[N+]([O-])=C/c2ccccc2[N+](=O)[O-])cc1. The van der Waals surface area contributed by atoms with E-state index in [1.165, 1.54) is 12.3 Å². The highest BCUT2D eigenvalue weighted by Crippen LogP contribution is 2.20. The summed E-state index contributed by atoms with van der Waals surface area (Å²) in [6.07, 6.45) is 3.16. The molecule has 0 amide bonds. The topological polar surface area (TPSA) is 69.2 Å². The first-order valence-electron chi connectivity index (χ1n) is 5.80. The molecule has 102 valence electrons. The van der Waals surface area contributed by atoms with Crippen LogP contribution in [0.2, 0.25) is 0 Å². The monoisotopic (exact) mass is 288 g/mol. The zero-order valence-electron chi connectivity index (χ0n) is 10.7. The summed E-state index contributed by atoms with van der Waals surface area (Å²) in [5.74, 6) is 0. The summed E-state index contributed by atoms with van der Waals surface area (Å²) in [7, 11) is 0. The van der Waals surface area contributed by atoms with Gasteiger partial charge in [0.25, 0.3) is 5.69 Å². The normalized spacial score (nSPS) is 11.3. The first-order valence-corrected chi connectivity index (χ1v) is 7.03. The number of para-hydroxylation sites is 1. The van der Waals surface area contributed by atoms with Crippen LogP contribution in [0.15, 0.2) is 53.4 Å². The van der Waals surface area contributed by atoms with Crippen LogP contribution in [-0.2, 0) is 0 Å². The van der Waals surface area contributed by atoms with Gasteiger partial charge in [-0.05, 0) is 24.5 Å². The van der Waals surface area contributed by atoms with Crippen LogP contribution >= 0.6 is 11.8 Å². The molecule has 2 rings (SSSR count). The van der Waals surface area contributed by atoms with Crippen LogP contribution in [0, 0.1) is 15.3 Å². The molecule has 0 saturated heterocycles. The summed E-state index contributed by atoms with van der Waals surface area (Å²) in [4.78, 5) is 11.4. The van der Waals surface area contributed by atoms with E-state index in [9.17, 15) is 15.3 Å². The van der Waals surface area contributed by atoms with Gasteiger partial charge in [0, 0.05) is 23.1 Å². The maximum Gasteiger partial charge on any atom is 0.282 e. The smallest absolute Gasteiger partial charge is 0.282 e. The van der Waals surface area contributed by atoms with Gasteiger partial charge in [0.15, 0.2) is 6.21 Å². The highest BCUT2D eigenvalue weighted by Gasteiger charge is 2.13. The van der Waals surface area contributed by atoms with Crippen LogP contribution in [-0.4, -0.2) is 22.1 Å². The van der Waals surface area contributed by atoms with Gasteiger partial charge in [-0.2, -0.15) is 4.74 Å². The number of nitrogens with zero attached hydrogens (tertiary/aromatic N) is 2. The molecular formula is C14H12N2O3S. The summed E-state index contributed by atoms with van der Waals surface area (Å²) in [5, 5.41) is 22.9. The minimum absolute atomic E-state index is 0.0888. The van der Waals surface area contributed by atoms with Gasteiger partial charge in [0.05, 0.1) is 4.92 Å². The van der Waals surface area contributed by atoms with Crippen LogP contribution in [0.3, 0.4) is 0 Å². The standard InChI is InChI=1S/C14H12N2O3S/c1-20-13-8-6-12(7-9-13)15(17)10-11-4-2-3-5-14(11)16(18)19/h2-10H,1H3/b15-10-. The zero-order chi connectivity index (χ0) is 14.5. The van der Waals surface area contributed by atoms with Crippen molar-refractivity contribution in [2.45, 2.75) is 4.90 Å². The highest BCUT2D eigenvalue weighted by molar-refractivity contribution is 7.98. The van der Waals surface area contributed by atoms with Crippen LogP contribution in [0.5, 0.6) is 0 Å². The summed E-state index contributed by atoms with van der Waals surface area (Å²) < 4.78 is 0.631. The molecule has 0 spiro atoms. The molecule has 0 aliphatic rings. The summed E-state index contributed by atoms with van der Waals surface area (Å²) in [5.41, 5.74) is 0.622. The number of hydrogen-bond donors (Lipinski definition) is 0. The molecule has 0 aliphatic carbocycles. The molecule has 0 N–H and O–H groups in total. The van der Waals surface area contributed by atoms with Crippen molar-refractivity contribution in [1.82, 2.24) is 0 Å². The van der Waals surface area contributed by atoms with E-state index in [4.69, 9.17) is 0 Å². The predicted octanol–water partition coefficient (Wildman–Crippen LogP) is 3.58. The second-order valence-electron chi connectivity index (χ2n) is 3.97. The molecule has 2 aromatic rings. The average Bonchev–Trinajstić information content (AvgIpc) is 2.47. The molecule has 6 heteroatoms. The third kappa shape index (κ3) is 3.16. The largest absolute Gasteiger partial charge is 0.618 e. The van der Waals surface area contributed by atoms with Crippen molar-refractivity contribution in [2.24, 2.45) is 0 Å². The Hall–Kier alpha value is -2.34. The Morgan fingerprint density at radius 3 is 2.30 bits per heavy atom. The summed E-state index contributed by atoms with van der Waals surface area (Å²) in [6, 6.07) is 13.2. The van der Waals surface area contributed by atoms with Crippen molar-refractivity contribution in [3.63, 3.8) is 0 Å². The lowest BCUT2D eigenvalue weighted by molar-refractivity contribution is -0.386. The number of benzene rings is 2. The molecule has 5 nitrogen and oxygen atoms in total. The van der Waals surface area contributed by atoms with Gasteiger partial charge in [-0.3, -0.25) is 10.1 Å². The highest BCUT2D eigenvalue weighted by atomic mass is 32.2. The van der Waals surface area contributed by atoms with Crippen LogP contribution < -0.4 is 0 Å². The predicted molar refractivity (Wildman–Crippen MR) is 79.8 cm³/mol. The van der Waals surface area contributed by atoms with Gasteiger partial charge in [0.2, 0.25) is 5.69 Å². The molecule has 0 unspecified atom stereocenters. The van der Waals surface area contributed by atoms with E-state index in [0.29, 0.717) is 10.4 Å². The Balaban J connectivity index is 2.36. The minimum atomic E-state index is -0.503. The average molecular weight is 288 g/mol. The third-order valence-electron chi connectivity index (χ3n) is 2.72. The maximum absolute atomic E-state index is 12.0. The lowest BCUT2D eigenvalue weighted by Crippen LogP contribution is -2.02. The van der Waals surface area contributed by atoms with E-state index in [2.05, 4.69) is 0 Å². The molecule has 20 heavy (non-hydrogen) atoms. The fourth-order valence-electron chi connectivity index (χ4n) is 1.69. The Labute approximate surface area is 120 Å². The van der Waals surface area contributed by atoms with Gasteiger partial charge < -0.3 is 5.21 Å². The zero-order valence-corrected chi connectivity index (χ0v) is 11.5. The van der Waals surface area contributed by atoms with Crippen molar-refractivity contribution in [2.75, 3.05) is 6.26 Å². The number of hydrogen-bond acceptors (Lipinski definition) is 4. The van der Waals surface area contributed by atoms with E-state index in [-0.39, 0.29) is 11.3 Å². The Kier molecular flexibility index (Phi) is 4.37. The van der Waals surface area contributed by atoms with Crippen molar-refractivity contribution in [1.29, 1.82) is 0 Å². The van der Waals surface area contributed by atoms with Gasteiger partial charge in [0.1, 0.15) is 5.56 Å². The van der Waals surface area contributed by atoms with Crippen LogP contribution in [0.4, 0.5) is 11.4 Å². The van der Waals surface area contributed by atoms with Gasteiger partial charge in [-0.15, -0.1) is 11.8 Å². The maximum atomic E-state index is 12.0. The van der Waals surface area contributed by atoms with Crippen LogP contribution in [0.25, 0.3) is 0 Å². The molecule has 0 radical (unpaired) electrons. The van der Waals surface area contributed by atoms with Gasteiger partial charge in [-0.25, -0.2) is 0 Å². The number of nitro groups is 1. The molecule has 0 aromatic heterocycles. The number of rotatable bonds is 4. The van der Waals surface area contributed by atoms with Crippen molar-refractivity contribution >= 4 is 29.4 Å². The second kappa shape index (κ2) is 6.21. The van der Waals surface area contributed by atoms with Crippen LogP contribution in [0.1, 0.15) is 5.56 Å². The van der Waals surface area contributed by atoms with Gasteiger partial charge >= 0.3 is 0 Å². The first-order chi connectivity index (χ1) is 9.61. The second-order valence-corrected chi connectivity index (χ2v) is 4.85. The number of thioether (sulfide) groups is 1. The van der Waals surface area contributed by atoms with Crippen molar-refractivity contribution < 1.29 is 9.66 Å². The summed E-state index contributed by atoms with van der Waals surface area (Å²) in [6.45, 7) is 0. The third-order valence-corrected chi connectivity index (χ3v) is 3.46. The molecule has 0 fully saturated rings. The van der Waals surface area contributed by atoms with Gasteiger partial charge in [-0.1, -0.05) is 12.1 Å². The lowest BCUT2D eigenvalue weighted by Gasteiger charge is -2.04. The molecular weight excluding hydrogens is 276 g/mol. The van der Waals surface area contributed by atoms with E-state index in [0.717, 1.165) is 4.90 Å². The fourth-order valence-corrected chi connectivity index (χ4v) is 2.10. The molecule has 0 aliphatic heterocycles. The Bertz CT molecular complexity index is 654. The minimum Gasteiger partial charge on any atom is -0.618 e. The molecule has 0 bridgehead atoms. The van der Waals surface area contributed by atoms with E-state index < -0.39 is 4.92 Å². The molecule has 2 aromatic carbocycles. The quantitative estimate of drug-likeness (QED) is 0.215. The lowest BCUT2D eigenvalue weighted by atomic mass is 10.2. The summed E-state index contributed by atoms with van der Waals surface area (Å²) >= 11 is 1.58. The van der Waals surface area contributed by atoms with Crippen molar-refractivity contribution in [3.05, 3.63) is 69.4 Å². The Morgan fingerprint density at radius 1 is 1.05 bits per heavy atom. The molecule has 0 saturated carbocycles. The first kappa shape index (κ1) is 14.1. The van der Waals surface area contributed by atoms with Crippen molar-refractivity contribution in [3.8, 4) is 0 Å². The molecule has 0 heterocycles.